The summed E-state index contributed by atoms with van der Waals surface area (Å²) in [6, 6.07) is 5.52. The lowest BCUT2D eigenvalue weighted by Crippen LogP contribution is -2.25. The third kappa shape index (κ3) is 4.63. The van der Waals surface area contributed by atoms with E-state index in [2.05, 4.69) is 5.32 Å². The number of aryl methyl sites for hydroxylation is 1. The van der Waals surface area contributed by atoms with E-state index in [9.17, 15) is 4.79 Å². The summed E-state index contributed by atoms with van der Waals surface area (Å²) in [6.45, 7) is 0.607. The molecule has 0 aromatic heterocycles. The van der Waals surface area contributed by atoms with Crippen LogP contribution in [0.4, 0.5) is 5.69 Å². The number of hydrogen-bond donors (Lipinski definition) is 3. The number of anilines is 1. The van der Waals surface area contributed by atoms with E-state index < -0.39 is 0 Å². The van der Waals surface area contributed by atoms with Gasteiger partial charge in [-0.05, 0) is 30.5 Å². The molecule has 5 heteroatoms. The lowest BCUT2D eigenvalue weighted by molar-refractivity contribution is -0.121. The summed E-state index contributed by atoms with van der Waals surface area (Å²) in [6.07, 6.45) is 1.64. The number of methoxy groups -OCH3 is 1. The van der Waals surface area contributed by atoms with Crippen LogP contribution in [0.3, 0.4) is 0 Å². The molecule has 1 aromatic carbocycles. The van der Waals surface area contributed by atoms with Gasteiger partial charge in [0.2, 0.25) is 5.91 Å². The molecule has 0 radical (unpaired) electrons. The Morgan fingerprint density at radius 1 is 1.50 bits per heavy atom. The van der Waals surface area contributed by atoms with Gasteiger partial charge in [0.05, 0.1) is 12.8 Å². The zero-order valence-corrected chi connectivity index (χ0v) is 10.6. The van der Waals surface area contributed by atoms with Crippen LogP contribution in [0.1, 0.15) is 18.4 Å². The second-order valence-electron chi connectivity index (χ2n) is 4.00. The Morgan fingerprint density at radius 2 is 2.28 bits per heavy atom. The number of nitrogens with two attached hydrogens (primary N) is 1. The standard InChI is InChI=1S/C13H20N2O3/c1-18-12-5-3-10(9-11(12)14)4-6-13(17)15-7-2-8-16/h3,5,9,16H,2,4,6-8,14H2,1H3,(H,15,17). The van der Waals surface area contributed by atoms with Crippen molar-refractivity contribution in [3.8, 4) is 5.75 Å². The van der Waals surface area contributed by atoms with Crippen LogP contribution in [-0.2, 0) is 11.2 Å². The van der Waals surface area contributed by atoms with Crippen LogP contribution in [0.5, 0.6) is 5.75 Å². The molecular formula is C13H20N2O3. The molecule has 0 fully saturated rings. The highest BCUT2D eigenvalue weighted by atomic mass is 16.5. The number of amides is 1. The molecule has 4 N–H and O–H groups in total. The summed E-state index contributed by atoms with van der Waals surface area (Å²) in [4.78, 5) is 11.5. The van der Waals surface area contributed by atoms with E-state index in [1.807, 2.05) is 12.1 Å². The molecule has 0 saturated heterocycles. The number of nitrogens with one attached hydrogen (secondary N) is 1. The first-order valence-electron chi connectivity index (χ1n) is 5.97. The highest BCUT2D eigenvalue weighted by molar-refractivity contribution is 5.76. The number of hydrogen-bond acceptors (Lipinski definition) is 4. The zero-order chi connectivity index (χ0) is 13.4. The van der Waals surface area contributed by atoms with E-state index in [1.165, 1.54) is 0 Å². The van der Waals surface area contributed by atoms with Crippen LogP contribution in [0.2, 0.25) is 0 Å². The topological polar surface area (TPSA) is 84.6 Å². The third-order valence-electron chi connectivity index (χ3n) is 2.59. The fourth-order valence-corrected chi connectivity index (χ4v) is 1.59. The maximum Gasteiger partial charge on any atom is 0.220 e. The monoisotopic (exact) mass is 252 g/mol. The lowest BCUT2D eigenvalue weighted by atomic mass is 10.1. The Morgan fingerprint density at radius 3 is 2.89 bits per heavy atom. The highest BCUT2D eigenvalue weighted by Gasteiger charge is 2.04. The average Bonchev–Trinajstić information content (AvgIpc) is 2.37. The summed E-state index contributed by atoms with van der Waals surface area (Å²) in [5.41, 5.74) is 7.37. The number of carbonyl (C=O) groups excluding carboxylic acids is 1. The van der Waals surface area contributed by atoms with Crippen LogP contribution >= 0.6 is 0 Å². The molecule has 100 valence electrons. The number of carbonyl (C=O) groups is 1. The van der Waals surface area contributed by atoms with Gasteiger partial charge in [0.1, 0.15) is 5.75 Å². The smallest absolute Gasteiger partial charge is 0.220 e. The first kappa shape index (κ1) is 14.3. The molecule has 18 heavy (non-hydrogen) atoms. The van der Waals surface area contributed by atoms with E-state index in [-0.39, 0.29) is 12.5 Å². The van der Waals surface area contributed by atoms with Crippen LogP contribution in [0, 0.1) is 0 Å². The molecule has 0 bridgehead atoms. The molecule has 0 aliphatic heterocycles. The van der Waals surface area contributed by atoms with Crippen molar-refractivity contribution in [1.29, 1.82) is 0 Å². The SMILES string of the molecule is COc1ccc(CCC(=O)NCCCO)cc1N. The minimum Gasteiger partial charge on any atom is -0.495 e. The number of nitrogen functional groups attached to an aromatic ring is 1. The first-order valence-corrected chi connectivity index (χ1v) is 5.97. The number of rotatable bonds is 7. The van der Waals surface area contributed by atoms with Crippen LogP contribution in [0.15, 0.2) is 18.2 Å². The summed E-state index contributed by atoms with van der Waals surface area (Å²) in [5.74, 6) is 0.629. The second kappa shape index (κ2) is 7.55. The second-order valence-corrected chi connectivity index (χ2v) is 4.00. The highest BCUT2D eigenvalue weighted by Crippen LogP contribution is 2.22. The molecule has 0 spiro atoms. The van der Waals surface area contributed by atoms with Gasteiger partial charge in [0.15, 0.2) is 0 Å². The van der Waals surface area contributed by atoms with Gasteiger partial charge in [0, 0.05) is 19.6 Å². The Bertz CT molecular complexity index is 394. The van der Waals surface area contributed by atoms with Gasteiger partial charge >= 0.3 is 0 Å². The van der Waals surface area contributed by atoms with Gasteiger partial charge in [-0.25, -0.2) is 0 Å². The average molecular weight is 252 g/mol. The molecule has 0 saturated carbocycles. The third-order valence-corrected chi connectivity index (χ3v) is 2.59. The van der Waals surface area contributed by atoms with E-state index in [0.29, 0.717) is 37.2 Å². The van der Waals surface area contributed by atoms with Crippen molar-refractivity contribution in [3.63, 3.8) is 0 Å². The maximum absolute atomic E-state index is 11.5. The van der Waals surface area contributed by atoms with Crippen LogP contribution < -0.4 is 15.8 Å². The maximum atomic E-state index is 11.5. The zero-order valence-electron chi connectivity index (χ0n) is 10.6. The number of benzene rings is 1. The minimum absolute atomic E-state index is 0.0159. The van der Waals surface area contributed by atoms with Crippen molar-refractivity contribution in [2.45, 2.75) is 19.3 Å². The van der Waals surface area contributed by atoms with Crippen LogP contribution in [0.25, 0.3) is 0 Å². The summed E-state index contributed by atoms with van der Waals surface area (Å²) in [7, 11) is 1.57. The van der Waals surface area contributed by atoms with E-state index in [4.69, 9.17) is 15.6 Å². The molecule has 0 aliphatic rings. The van der Waals surface area contributed by atoms with Gasteiger partial charge in [-0.15, -0.1) is 0 Å². The predicted octanol–water partition coefficient (Wildman–Crippen LogP) is 0.709. The quantitative estimate of drug-likeness (QED) is 0.493. The van der Waals surface area contributed by atoms with Crippen molar-refractivity contribution in [2.75, 3.05) is 26.0 Å². The van der Waals surface area contributed by atoms with E-state index >= 15 is 0 Å². The van der Waals surface area contributed by atoms with Crippen molar-refractivity contribution < 1.29 is 14.6 Å². The normalized spacial score (nSPS) is 10.1. The summed E-state index contributed by atoms with van der Waals surface area (Å²) < 4.78 is 5.06. The predicted molar refractivity (Wildman–Crippen MR) is 70.4 cm³/mol. The molecule has 5 nitrogen and oxygen atoms in total. The molecular weight excluding hydrogens is 232 g/mol. The Hall–Kier alpha value is -1.75. The van der Waals surface area contributed by atoms with E-state index in [0.717, 1.165) is 5.56 Å². The summed E-state index contributed by atoms with van der Waals surface area (Å²) in [5, 5.41) is 11.3. The molecule has 0 heterocycles. The van der Waals surface area contributed by atoms with Crippen molar-refractivity contribution >= 4 is 11.6 Å². The minimum atomic E-state index is -0.0159. The largest absolute Gasteiger partial charge is 0.495 e. The molecule has 1 rings (SSSR count). The first-order chi connectivity index (χ1) is 8.67. The number of ether oxygens (including phenoxy) is 1. The molecule has 1 aromatic rings. The van der Waals surface area contributed by atoms with Crippen molar-refractivity contribution in [2.24, 2.45) is 0 Å². The fourth-order valence-electron chi connectivity index (χ4n) is 1.59. The van der Waals surface area contributed by atoms with E-state index in [1.54, 1.807) is 13.2 Å². The van der Waals surface area contributed by atoms with Crippen LogP contribution in [-0.4, -0.2) is 31.3 Å². The summed E-state index contributed by atoms with van der Waals surface area (Å²) >= 11 is 0. The molecule has 1 amide bonds. The molecule has 0 unspecified atom stereocenters. The Labute approximate surface area is 107 Å². The Balaban J connectivity index is 2.39. The van der Waals surface area contributed by atoms with Gasteiger partial charge in [-0.1, -0.05) is 6.07 Å². The Kier molecular flexibility index (Phi) is 6.00. The van der Waals surface area contributed by atoms with Gasteiger partial charge < -0.3 is 20.9 Å². The molecule has 0 aliphatic carbocycles. The molecule has 0 atom stereocenters. The van der Waals surface area contributed by atoms with Gasteiger partial charge in [0.25, 0.3) is 0 Å². The van der Waals surface area contributed by atoms with Crippen molar-refractivity contribution in [1.82, 2.24) is 5.32 Å². The number of aliphatic hydroxyl groups excluding tert-OH is 1. The van der Waals surface area contributed by atoms with Crippen molar-refractivity contribution in [3.05, 3.63) is 23.8 Å². The van der Waals surface area contributed by atoms with Gasteiger partial charge in [-0.3, -0.25) is 4.79 Å². The number of aliphatic hydroxyl groups is 1. The van der Waals surface area contributed by atoms with Gasteiger partial charge in [-0.2, -0.15) is 0 Å². The fraction of sp³-hybridized carbons (Fsp3) is 0.462. The lowest BCUT2D eigenvalue weighted by Gasteiger charge is -2.07.